The van der Waals surface area contributed by atoms with Gasteiger partial charge in [0.1, 0.15) is 9.09 Å². The molecule has 1 atom stereocenters. The maximum absolute atomic E-state index is 12.1. The Kier molecular flexibility index (Phi) is 5.48. The van der Waals surface area contributed by atoms with Crippen LogP contribution in [0.4, 0.5) is 0 Å². The predicted octanol–water partition coefficient (Wildman–Crippen LogP) is 1.13. The molecule has 0 fully saturated rings. The van der Waals surface area contributed by atoms with Gasteiger partial charge in [0.25, 0.3) is 0 Å². The van der Waals surface area contributed by atoms with E-state index in [9.17, 15) is 13.2 Å². The highest BCUT2D eigenvalue weighted by Crippen LogP contribution is 2.22. The molecule has 0 radical (unpaired) electrons. The number of aliphatic hydroxyl groups excluding tert-OH is 1. The summed E-state index contributed by atoms with van der Waals surface area (Å²) in [6.07, 6.45) is 0.314. The molecule has 19 heavy (non-hydrogen) atoms. The summed E-state index contributed by atoms with van der Waals surface area (Å²) in [5.41, 5.74) is 0. The highest BCUT2D eigenvalue weighted by molar-refractivity contribution is 7.91. The van der Waals surface area contributed by atoms with Gasteiger partial charge in [-0.15, -0.1) is 11.3 Å². The summed E-state index contributed by atoms with van der Waals surface area (Å²) in [5.74, 6) is -1.12. The Hall–Kier alpha value is -0.960. The lowest BCUT2D eigenvalue weighted by Gasteiger charge is -2.20. The minimum absolute atomic E-state index is 0.0244. The van der Waals surface area contributed by atoms with Gasteiger partial charge in [-0.3, -0.25) is 0 Å². The molecule has 1 aromatic rings. The van der Waals surface area contributed by atoms with Crippen molar-refractivity contribution in [1.29, 1.82) is 0 Å². The number of carboxylic acid groups (broad SMARTS) is 1. The van der Waals surface area contributed by atoms with Crippen molar-refractivity contribution < 1.29 is 23.4 Å². The lowest BCUT2D eigenvalue weighted by Crippen LogP contribution is -2.38. The maximum Gasteiger partial charge on any atom is 0.345 e. The molecule has 0 amide bonds. The fraction of sp³-hybridized carbons (Fsp3) is 0.545. The van der Waals surface area contributed by atoms with E-state index in [0.29, 0.717) is 17.8 Å². The third-order valence-corrected chi connectivity index (χ3v) is 5.66. The highest BCUT2D eigenvalue weighted by atomic mass is 32.2. The van der Waals surface area contributed by atoms with Crippen LogP contribution in [0.2, 0.25) is 0 Å². The topological polar surface area (TPSA) is 104 Å². The van der Waals surface area contributed by atoms with Crippen LogP contribution in [0.1, 0.15) is 29.9 Å². The van der Waals surface area contributed by atoms with Gasteiger partial charge in [-0.2, -0.15) is 0 Å². The van der Waals surface area contributed by atoms with Crippen LogP contribution in [-0.4, -0.2) is 37.2 Å². The average molecular weight is 307 g/mol. The lowest BCUT2D eigenvalue weighted by molar-refractivity contribution is 0.0702. The summed E-state index contributed by atoms with van der Waals surface area (Å²) in [7, 11) is -3.75. The van der Waals surface area contributed by atoms with Crippen LogP contribution < -0.4 is 4.72 Å². The van der Waals surface area contributed by atoms with E-state index in [0.717, 1.165) is 0 Å². The molecule has 0 aliphatic rings. The molecule has 0 bridgehead atoms. The molecule has 8 heteroatoms. The number of carbonyl (C=O) groups is 1. The second-order valence-electron chi connectivity index (χ2n) is 4.41. The fourth-order valence-corrected chi connectivity index (χ4v) is 4.08. The molecule has 3 N–H and O–H groups in total. The predicted molar refractivity (Wildman–Crippen MR) is 71.9 cm³/mol. The highest BCUT2D eigenvalue weighted by Gasteiger charge is 2.24. The van der Waals surface area contributed by atoms with Crippen molar-refractivity contribution in [1.82, 2.24) is 4.72 Å². The zero-order chi connectivity index (χ0) is 14.6. The third kappa shape index (κ3) is 4.27. The molecule has 0 saturated carbocycles. The number of sulfonamides is 1. The fourth-order valence-electron chi connectivity index (χ4n) is 1.50. The SMILES string of the molecule is CC(C)C(CCO)NS(=O)(=O)c1ccc(C(=O)O)s1. The van der Waals surface area contributed by atoms with Gasteiger partial charge in [-0.05, 0) is 24.5 Å². The molecule has 1 unspecified atom stereocenters. The van der Waals surface area contributed by atoms with Gasteiger partial charge in [-0.25, -0.2) is 17.9 Å². The molecule has 0 aromatic carbocycles. The molecule has 1 rings (SSSR count). The van der Waals surface area contributed by atoms with Crippen LogP contribution in [0.15, 0.2) is 16.3 Å². The second kappa shape index (κ2) is 6.47. The van der Waals surface area contributed by atoms with E-state index in [1.807, 2.05) is 13.8 Å². The molecule has 0 saturated heterocycles. The van der Waals surface area contributed by atoms with Crippen LogP contribution in [0.25, 0.3) is 0 Å². The Morgan fingerprint density at radius 2 is 2.05 bits per heavy atom. The van der Waals surface area contributed by atoms with E-state index < -0.39 is 16.0 Å². The minimum atomic E-state index is -3.75. The Morgan fingerprint density at radius 1 is 1.42 bits per heavy atom. The number of hydrogen-bond acceptors (Lipinski definition) is 5. The van der Waals surface area contributed by atoms with Gasteiger partial charge < -0.3 is 10.2 Å². The van der Waals surface area contributed by atoms with Crippen molar-refractivity contribution in [2.75, 3.05) is 6.61 Å². The van der Waals surface area contributed by atoms with E-state index in [1.54, 1.807) is 0 Å². The summed E-state index contributed by atoms with van der Waals surface area (Å²) in [5, 5.41) is 17.7. The summed E-state index contributed by atoms with van der Waals surface area (Å²) in [6.45, 7) is 3.58. The van der Waals surface area contributed by atoms with Crippen molar-refractivity contribution in [2.45, 2.75) is 30.5 Å². The van der Waals surface area contributed by atoms with Crippen molar-refractivity contribution in [3.8, 4) is 0 Å². The summed E-state index contributed by atoms with van der Waals surface area (Å²) >= 11 is 0.707. The molecular formula is C11H17NO5S2. The van der Waals surface area contributed by atoms with E-state index in [1.165, 1.54) is 12.1 Å². The van der Waals surface area contributed by atoms with E-state index in [2.05, 4.69) is 4.72 Å². The number of hydrogen-bond donors (Lipinski definition) is 3. The molecule has 1 aromatic heterocycles. The number of rotatable bonds is 7. The van der Waals surface area contributed by atoms with Crippen molar-refractivity contribution in [3.05, 3.63) is 17.0 Å². The Morgan fingerprint density at radius 3 is 2.47 bits per heavy atom. The zero-order valence-corrected chi connectivity index (χ0v) is 12.3. The Labute approximate surface area is 116 Å². The van der Waals surface area contributed by atoms with Gasteiger partial charge in [0.15, 0.2) is 0 Å². The largest absolute Gasteiger partial charge is 0.477 e. The number of carboxylic acids is 1. The maximum atomic E-state index is 12.1. The van der Waals surface area contributed by atoms with Crippen LogP contribution in [0.5, 0.6) is 0 Å². The first-order chi connectivity index (χ1) is 8.77. The van der Waals surface area contributed by atoms with Gasteiger partial charge in [0.05, 0.1) is 0 Å². The quantitative estimate of drug-likeness (QED) is 0.700. The lowest BCUT2D eigenvalue weighted by atomic mass is 10.0. The summed E-state index contributed by atoms with van der Waals surface area (Å²) in [6, 6.07) is 2.15. The van der Waals surface area contributed by atoms with Crippen LogP contribution in [0, 0.1) is 5.92 Å². The van der Waals surface area contributed by atoms with E-state index >= 15 is 0 Å². The van der Waals surface area contributed by atoms with Crippen LogP contribution in [-0.2, 0) is 10.0 Å². The molecule has 0 spiro atoms. The Bertz CT molecular complexity index is 535. The first-order valence-electron chi connectivity index (χ1n) is 5.74. The van der Waals surface area contributed by atoms with E-state index in [-0.39, 0.29) is 27.7 Å². The van der Waals surface area contributed by atoms with Crippen LogP contribution >= 0.6 is 11.3 Å². The summed E-state index contributed by atoms with van der Waals surface area (Å²) < 4.78 is 26.6. The molecule has 108 valence electrons. The van der Waals surface area contributed by atoms with Crippen molar-refractivity contribution in [3.63, 3.8) is 0 Å². The molecule has 6 nitrogen and oxygen atoms in total. The first kappa shape index (κ1) is 16.1. The number of aromatic carboxylic acids is 1. The van der Waals surface area contributed by atoms with Gasteiger partial charge >= 0.3 is 5.97 Å². The first-order valence-corrected chi connectivity index (χ1v) is 8.04. The van der Waals surface area contributed by atoms with E-state index in [4.69, 9.17) is 10.2 Å². The monoisotopic (exact) mass is 307 g/mol. The van der Waals surface area contributed by atoms with Crippen LogP contribution in [0.3, 0.4) is 0 Å². The molecule has 0 aliphatic heterocycles. The molecule has 1 heterocycles. The standard InChI is InChI=1S/C11H17NO5S2/c1-7(2)8(5-6-13)12-19(16,17)10-4-3-9(18-10)11(14)15/h3-4,7-8,12-13H,5-6H2,1-2H3,(H,14,15). The minimum Gasteiger partial charge on any atom is -0.477 e. The number of nitrogens with one attached hydrogen (secondary N) is 1. The van der Waals surface area contributed by atoms with Gasteiger partial charge in [0.2, 0.25) is 10.0 Å². The normalized spacial score (nSPS) is 13.7. The van der Waals surface area contributed by atoms with Gasteiger partial charge in [0, 0.05) is 12.6 Å². The third-order valence-electron chi connectivity index (χ3n) is 2.61. The molecular weight excluding hydrogens is 290 g/mol. The van der Waals surface area contributed by atoms with Crippen molar-refractivity contribution >= 4 is 27.3 Å². The average Bonchev–Trinajstić information content (AvgIpc) is 2.78. The zero-order valence-electron chi connectivity index (χ0n) is 10.7. The number of thiophene rings is 1. The Balaban J connectivity index is 2.93. The van der Waals surface area contributed by atoms with Gasteiger partial charge in [-0.1, -0.05) is 13.8 Å². The smallest absolute Gasteiger partial charge is 0.345 e. The second-order valence-corrected chi connectivity index (χ2v) is 7.43. The number of aliphatic hydroxyl groups is 1. The summed E-state index contributed by atoms with van der Waals surface area (Å²) in [4.78, 5) is 10.7. The van der Waals surface area contributed by atoms with Crippen molar-refractivity contribution in [2.24, 2.45) is 5.92 Å². The molecule has 0 aliphatic carbocycles.